The molecule has 0 nitrogen and oxygen atoms in total. The van der Waals surface area contributed by atoms with Gasteiger partial charge in [0, 0.05) is 0 Å². The molecule has 0 saturated heterocycles. The molecule has 1 aliphatic rings. The maximum atomic E-state index is 7.05. The Hall–Kier alpha value is -1.01. The van der Waals surface area contributed by atoms with Crippen LogP contribution in [0.15, 0.2) is 36.4 Å². The van der Waals surface area contributed by atoms with Gasteiger partial charge in [0.1, 0.15) is 0 Å². The molecule has 1 fully saturated rings. The molecular formula is C19H23Cl. The minimum absolute atomic E-state index is 0.140. The number of hydrogen-bond donors (Lipinski definition) is 0. The Labute approximate surface area is 127 Å². The van der Waals surface area contributed by atoms with Crippen molar-refractivity contribution in [2.45, 2.75) is 51.3 Å². The van der Waals surface area contributed by atoms with Crippen molar-refractivity contribution in [3.8, 4) is 0 Å². The van der Waals surface area contributed by atoms with Gasteiger partial charge in [0.15, 0.2) is 0 Å². The lowest BCUT2D eigenvalue weighted by Crippen LogP contribution is -2.22. The maximum absolute atomic E-state index is 7.05. The van der Waals surface area contributed by atoms with Crippen LogP contribution in [0, 0.1) is 12.3 Å². The summed E-state index contributed by atoms with van der Waals surface area (Å²) in [7, 11) is 0. The zero-order chi connectivity index (χ0) is 14.2. The Balaban J connectivity index is 2.15. The molecule has 106 valence electrons. The summed E-state index contributed by atoms with van der Waals surface area (Å²) in [4.78, 5) is 0. The number of fused-ring (bicyclic) bond motifs is 1. The quantitative estimate of drug-likeness (QED) is 0.573. The van der Waals surface area contributed by atoms with E-state index in [2.05, 4.69) is 50.2 Å². The Morgan fingerprint density at radius 3 is 2.50 bits per heavy atom. The van der Waals surface area contributed by atoms with Crippen LogP contribution in [0.2, 0.25) is 0 Å². The van der Waals surface area contributed by atoms with Crippen molar-refractivity contribution in [3.63, 3.8) is 0 Å². The van der Waals surface area contributed by atoms with Crippen LogP contribution >= 0.6 is 11.6 Å². The van der Waals surface area contributed by atoms with Gasteiger partial charge in [0.25, 0.3) is 0 Å². The highest BCUT2D eigenvalue weighted by Gasteiger charge is 2.40. The van der Waals surface area contributed by atoms with Crippen LogP contribution in [0.5, 0.6) is 0 Å². The van der Waals surface area contributed by atoms with E-state index in [9.17, 15) is 0 Å². The third kappa shape index (κ3) is 2.15. The van der Waals surface area contributed by atoms with Gasteiger partial charge in [0.2, 0.25) is 0 Å². The van der Waals surface area contributed by atoms with Crippen molar-refractivity contribution in [1.29, 1.82) is 0 Å². The van der Waals surface area contributed by atoms with Gasteiger partial charge in [-0.05, 0) is 53.5 Å². The number of benzene rings is 2. The molecule has 1 atom stereocenters. The molecule has 0 aliphatic heterocycles. The van der Waals surface area contributed by atoms with E-state index in [4.69, 9.17) is 11.6 Å². The predicted octanol–water partition coefficient (Wildman–Crippen LogP) is 6.40. The predicted molar refractivity (Wildman–Crippen MR) is 88.5 cm³/mol. The van der Waals surface area contributed by atoms with E-state index in [0.717, 1.165) is 0 Å². The molecule has 0 N–H and O–H groups in total. The van der Waals surface area contributed by atoms with Gasteiger partial charge < -0.3 is 0 Å². The first-order valence-corrected chi connectivity index (χ1v) is 8.24. The molecule has 0 aromatic heterocycles. The van der Waals surface area contributed by atoms with E-state index in [1.54, 1.807) is 0 Å². The molecule has 1 saturated carbocycles. The molecule has 0 bridgehead atoms. The molecule has 2 aromatic carbocycles. The van der Waals surface area contributed by atoms with Crippen LogP contribution in [-0.4, -0.2) is 0 Å². The molecule has 1 heteroatoms. The van der Waals surface area contributed by atoms with Crippen molar-refractivity contribution in [1.82, 2.24) is 0 Å². The fourth-order valence-electron chi connectivity index (χ4n) is 3.91. The van der Waals surface area contributed by atoms with Gasteiger partial charge in [-0.1, -0.05) is 56.2 Å². The molecule has 0 heterocycles. The second-order valence-electron chi connectivity index (χ2n) is 6.30. The summed E-state index contributed by atoms with van der Waals surface area (Å²) in [6, 6.07) is 13.1. The van der Waals surface area contributed by atoms with Crippen molar-refractivity contribution >= 4 is 22.4 Å². The molecule has 0 amide bonds. The third-order valence-corrected chi connectivity index (χ3v) is 5.96. The van der Waals surface area contributed by atoms with Crippen LogP contribution in [0.3, 0.4) is 0 Å². The third-order valence-electron chi connectivity index (χ3n) is 5.28. The van der Waals surface area contributed by atoms with Gasteiger partial charge >= 0.3 is 0 Å². The van der Waals surface area contributed by atoms with Crippen molar-refractivity contribution < 1.29 is 0 Å². The van der Waals surface area contributed by atoms with Crippen molar-refractivity contribution in [3.05, 3.63) is 47.5 Å². The van der Waals surface area contributed by atoms with E-state index in [-0.39, 0.29) is 5.38 Å². The topological polar surface area (TPSA) is 0 Å². The molecule has 20 heavy (non-hydrogen) atoms. The van der Waals surface area contributed by atoms with Gasteiger partial charge in [-0.15, -0.1) is 11.6 Å². The number of rotatable bonds is 3. The average Bonchev–Trinajstić information content (AvgIpc) is 2.96. The Morgan fingerprint density at radius 2 is 1.80 bits per heavy atom. The van der Waals surface area contributed by atoms with E-state index >= 15 is 0 Å². The minimum Gasteiger partial charge on any atom is -0.117 e. The molecule has 3 rings (SSSR count). The fraction of sp³-hybridized carbons (Fsp3) is 0.474. The normalized spacial score (nSPS) is 19.4. The summed E-state index contributed by atoms with van der Waals surface area (Å²) in [6.45, 7) is 4.51. The maximum Gasteiger partial charge on any atom is 0.0649 e. The number of halogens is 1. The zero-order valence-electron chi connectivity index (χ0n) is 12.5. The smallest absolute Gasteiger partial charge is 0.0649 e. The zero-order valence-corrected chi connectivity index (χ0v) is 13.2. The average molecular weight is 287 g/mol. The van der Waals surface area contributed by atoms with Crippen LogP contribution in [0.4, 0.5) is 0 Å². The largest absolute Gasteiger partial charge is 0.117 e. The lowest BCUT2D eigenvalue weighted by molar-refractivity contribution is 0.271. The van der Waals surface area contributed by atoms with Crippen LogP contribution in [-0.2, 0) is 0 Å². The van der Waals surface area contributed by atoms with Gasteiger partial charge in [-0.25, -0.2) is 0 Å². The Morgan fingerprint density at radius 1 is 1.10 bits per heavy atom. The monoisotopic (exact) mass is 286 g/mol. The first-order chi connectivity index (χ1) is 9.68. The summed E-state index contributed by atoms with van der Waals surface area (Å²) < 4.78 is 0. The van der Waals surface area contributed by atoms with Gasteiger partial charge in [-0.2, -0.15) is 0 Å². The van der Waals surface area contributed by atoms with Crippen LogP contribution in [0.1, 0.15) is 55.5 Å². The molecular weight excluding hydrogens is 264 g/mol. The van der Waals surface area contributed by atoms with Crippen LogP contribution in [0.25, 0.3) is 10.8 Å². The first-order valence-electron chi connectivity index (χ1n) is 7.80. The minimum atomic E-state index is 0.140. The summed E-state index contributed by atoms with van der Waals surface area (Å²) >= 11 is 7.05. The second kappa shape index (κ2) is 5.41. The Kier molecular flexibility index (Phi) is 3.77. The summed E-state index contributed by atoms with van der Waals surface area (Å²) in [5.41, 5.74) is 3.01. The van der Waals surface area contributed by atoms with E-state index < -0.39 is 0 Å². The molecule has 0 spiro atoms. The van der Waals surface area contributed by atoms with E-state index in [1.807, 2.05) is 0 Å². The molecule has 1 aliphatic carbocycles. The standard InChI is InChI=1S/C19H23Cl/c1-3-19(12-6-7-13-19)18(20)17-14(2)10-11-15-8-4-5-9-16(15)17/h4-5,8-11,18H,3,6-7,12-13H2,1-2H3. The lowest BCUT2D eigenvalue weighted by atomic mass is 9.75. The molecule has 1 unspecified atom stereocenters. The summed E-state index contributed by atoms with van der Waals surface area (Å²) in [5, 5.41) is 2.79. The van der Waals surface area contributed by atoms with Gasteiger partial charge in [0.05, 0.1) is 5.38 Å². The van der Waals surface area contributed by atoms with Crippen LogP contribution < -0.4 is 0 Å². The first kappa shape index (κ1) is 13.9. The summed E-state index contributed by atoms with van der Waals surface area (Å²) in [6.07, 6.45) is 6.41. The van der Waals surface area contributed by atoms with E-state index in [0.29, 0.717) is 5.41 Å². The second-order valence-corrected chi connectivity index (χ2v) is 6.74. The fourth-order valence-corrected chi connectivity index (χ4v) is 4.57. The number of hydrogen-bond acceptors (Lipinski definition) is 0. The Bertz CT molecular complexity index is 608. The summed E-state index contributed by atoms with van der Waals surface area (Å²) in [5.74, 6) is 0. The molecule has 2 aromatic rings. The number of alkyl halides is 1. The SMILES string of the molecule is CCC1(C(Cl)c2c(C)ccc3ccccc23)CCCC1. The van der Waals surface area contributed by atoms with E-state index in [1.165, 1.54) is 54.0 Å². The molecule has 0 radical (unpaired) electrons. The van der Waals surface area contributed by atoms with Gasteiger partial charge in [-0.3, -0.25) is 0 Å². The highest BCUT2D eigenvalue weighted by molar-refractivity contribution is 6.22. The number of aryl methyl sites for hydroxylation is 1. The highest BCUT2D eigenvalue weighted by atomic mass is 35.5. The van der Waals surface area contributed by atoms with Crippen molar-refractivity contribution in [2.75, 3.05) is 0 Å². The lowest BCUT2D eigenvalue weighted by Gasteiger charge is -2.34. The highest BCUT2D eigenvalue weighted by Crippen LogP contribution is 2.54. The van der Waals surface area contributed by atoms with Crippen molar-refractivity contribution in [2.24, 2.45) is 5.41 Å².